The summed E-state index contributed by atoms with van der Waals surface area (Å²) >= 11 is 1.73. The Morgan fingerprint density at radius 2 is 2.05 bits per heavy atom. The van der Waals surface area contributed by atoms with E-state index in [-0.39, 0.29) is 0 Å². The van der Waals surface area contributed by atoms with Crippen molar-refractivity contribution >= 4 is 21.4 Å². The van der Waals surface area contributed by atoms with E-state index in [9.17, 15) is 0 Å². The highest BCUT2D eigenvalue weighted by atomic mass is 32.1. The fourth-order valence-corrected chi connectivity index (χ4v) is 3.07. The Morgan fingerprint density at radius 1 is 1.20 bits per heavy atom. The van der Waals surface area contributed by atoms with Gasteiger partial charge in [-0.1, -0.05) is 24.3 Å². The van der Waals surface area contributed by atoms with E-state index < -0.39 is 0 Å². The summed E-state index contributed by atoms with van der Waals surface area (Å²) in [6, 6.07) is 16.0. The highest BCUT2D eigenvalue weighted by molar-refractivity contribution is 7.17. The summed E-state index contributed by atoms with van der Waals surface area (Å²) in [7, 11) is 0. The first-order valence-corrected chi connectivity index (χ1v) is 7.24. The maximum Gasteiger partial charge on any atom is 0.124 e. The van der Waals surface area contributed by atoms with Crippen LogP contribution in [-0.4, -0.2) is 0 Å². The number of hydrogen-bond donors (Lipinski definition) is 0. The Morgan fingerprint density at radius 3 is 2.90 bits per heavy atom. The lowest BCUT2D eigenvalue weighted by Gasteiger charge is -2.09. The van der Waals surface area contributed by atoms with Gasteiger partial charge in [0.15, 0.2) is 0 Å². The summed E-state index contributed by atoms with van der Waals surface area (Å²) < 4.78 is 7.16. The van der Waals surface area contributed by atoms with Crippen molar-refractivity contribution in [2.75, 3.05) is 0 Å². The van der Waals surface area contributed by atoms with Gasteiger partial charge < -0.3 is 4.74 Å². The van der Waals surface area contributed by atoms with Gasteiger partial charge in [-0.15, -0.1) is 11.3 Å². The molecule has 0 fully saturated rings. The normalized spacial score (nSPS) is 10.4. The van der Waals surface area contributed by atoms with Crippen LogP contribution < -0.4 is 4.74 Å². The van der Waals surface area contributed by atoms with Gasteiger partial charge in [-0.25, -0.2) is 0 Å². The standard InChI is InChI=1S/C17H13NOS/c1-12-6-7-13(9-18)8-16(12)19-10-14-11-20-17-5-3-2-4-15(14)17/h2-8,11H,10H2,1H3. The van der Waals surface area contributed by atoms with Crippen LogP contribution >= 0.6 is 11.3 Å². The Balaban J connectivity index is 1.85. The van der Waals surface area contributed by atoms with Crippen LogP contribution in [0.3, 0.4) is 0 Å². The van der Waals surface area contributed by atoms with Crippen LogP contribution in [0.25, 0.3) is 10.1 Å². The Bertz CT molecular complexity index is 798. The van der Waals surface area contributed by atoms with Crippen molar-refractivity contribution in [1.82, 2.24) is 0 Å². The Hall–Kier alpha value is -2.31. The van der Waals surface area contributed by atoms with E-state index in [1.54, 1.807) is 17.4 Å². The lowest BCUT2D eigenvalue weighted by molar-refractivity contribution is 0.306. The van der Waals surface area contributed by atoms with Gasteiger partial charge in [0.1, 0.15) is 12.4 Å². The summed E-state index contributed by atoms with van der Waals surface area (Å²) in [5.74, 6) is 0.777. The van der Waals surface area contributed by atoms with E-state index in [1.807, 2.05) is 31.2 Å². The van der Waals surface area contributed by atoms with E-state index in [0.29, 0.717) is 12.2 Å². The van der Waals surface area contributed by atoms with Crippen molar-refractivity contribution in [3.63, 3.8) is 0 Å². The number of thiophene rings is 1. The minimum absolute atomic E-state index is 0.528. The third kappa shape index (κ3) is 2.38. The highest BCUT2D eigenvalue weighted by Gasteiger charge is 2.06. The second-order valence-corrected chi connectivity index (χ2v) is 5.55. The fourth-order valence-electron chi connectivity index (χ4n) is 2.13. The van der Waals surface area contributed by atoms with Crippen LogP contribution in [0.2, 0.25) is 0 Å². The van der Waals surface area contributed by atoms with Gasteiger partial charge in [0, 0.05) is 10.3 Å². The molecule has 0 aliphatic heterocycles. The number of nitrogens with zero attached hydrogens (tertiary/aromatic N) is 1. The molecule has 0 radical (unpaired) electrons. The molecule has 0 aliphatic rings. The number of nitriles is 1. The summed E-state index contributed by atoms with van der Waals surface area (Å²) in [5.41, 5.74) is 2.86. The van der Waals surface area contributed by atoms with Crippen LogP contribution in [0.4, 0.5) is 0 Å². The topological polar surface area (TPSA) is 33.0 Å². The molecule has 0 spiro atoms. The molecule has 20 heavy (non-hydrogen) atoms. The number of benzene rings is 2. The predicted octanol–water partition coefficient (Wildman–Crippen LogP) is 4.66. The monoisotopic (exact) mass is 279 g/mol. The summed E-state index contributed by atoms with van der Waals surface area (Å²) in [5, 5.41) is 12.3. The first kappa shape index (κ1) is 12.7. The molecule has 0 bridgehead atoms. The molecule has 3 aromatic rings. The molecule has 0 saturated heterocycles. The Kier molecular flexibility index (Phi) is 3.41. The summed E-state index contributed by atoms with van der Waals surface area (Å²) in [6.45, 7) is 2.52. The zero-order valence-electron chi connectivity index (χ0n) is 11.1. The van der Waals surface area contributed by atoms with Crippen LogP contribution in [0.5, 0.6) is 5.75 Å². The molecule has 0 amide bonds. The molecule has 0 aliphatic carbocycles. The highest BCUT2D eigenvalue weighted by Crippen LogP contribution is 2.27. The van der Waals surface area contributed by atoms with Gasteiger partial charge in [0.2, 0.25) is 0 Å². The number of rotatable bonds is 3. The maximum absolute atomic E-state index is 8.94. The molecule has 2 nitrogen and oxygen atoms in total. The van der Waals surface area contributed by atoms with Crippen molar-refractivity contribution in [3.05, 3.63) is 64.5 Å². The second kappa shape index (κ2) is 5.36. The Labute approximate surface area is 121 Å². The van der Waals surface area contributed by atoms with Crippen molar-refractivity contribution in [2.45, 2.75) is 13.5 Å². The van der Waals surface area contributed by atoms with Gasteiger partial charge in [-0.05, 0) is 41.5 Å². The van der Waals surface area contributed by atoms with Crippen LogP contribution in [0, 0.1) is 18.3 Å². The molecule has 1 aromatic heterocycles. The van der Waals surface area contributed by atoms with E-state index in [0.717, 1.165) is 11.3 Å². The molecule has 0 saturated carbocycles. The van der Waals surface area contributed by atoms with Crippen LogP contribution in [-0.2, 0) is 6.61 Å². The zero-order valence-corrected chi connectivity index (χ0v) is 11.9. The molecule has 98 valence electrons. The minimum Gasteiger partial charge on any atom is -0.489 e. The van der Waals surface area contributed by atoms with E-state index >= 15 is 0 Å². The lowest BCUT2D eigenvalue weighted by Crippen LogP contribution is -1.96. The van der Waals surface area contributed by atoms with E-state index in [1.165, 1.54) is 15.6 Å². The van der Waals surface area contributed by atoms with Crippen molar-refractivity contribution in [3.8, 4) is 11.8 Å². The van der Waals surface area contributed by atoms with Gasteiger partial charge in [0.25, 0.3) is 0 Å². The second-order valence-electron chi connectivity index (χ2n) is 4.64. The first-order valence-electron chi connectivity index (χ1n) is 6.36. The molecule has 0 atom stereocenters. The molecule has 3 rings (SSSR count). The number of ether oxygens (including phenoxy) is 1. The largest absolute Gasteiger partial charge is 0.489 e. The first-order chi connectivity index (χ1) is 9.78. The third-order valence-corrected chi connectivity index (χ3v) is 4.27. The average molecular weight is 279 g/mol. The summed E-state index contributed by atoms with van der Waals surface area (Å²) in [6.07, 6.45) is 0. The van der Waals surface area contributed by atoms with Gasteiger partial charge >= 0.3 is 0 Å². The average Bonchev–Trinajstić information content (AvgIpc) is 2.90. The fraction of sp³-hybridized carbons (Fsp3) is 0.118. The molecule has 2 aromatic carbocycles. The van der Waals surface area contributed by atoms with Crippen molar-refractivity contribution in [2.24, 2.45) is 0 Å². The minimum atomic E-state index is 0.528. The van der Waals surface area contributed by atoms with Crippen LogP contribution in [0.1, 0.15) is 16.7 Å². The molecule has 1 heterocycles. The van der Waals surface area contributed by atoms with Crippen molar-refractivity contribution in [1.29, 1.82) is 5.26 Å². The smallest absolute Gasteiger partial charge is 0.124 e. The third-order valence-electron chi connectivity index (χ3n) is 3.26. The van der Waals surface area contributed by atoms with Gasteiger partial charge in [-0.2, -0.15) is 5.26 Å². The molecular formula is C17H13NOS. The van der Waals surface area contributed by atoms with E-state index in [2.05, 4.69) is 23.6 Å². The molecule has 3 heteroatoms. The quantitative estimate of drug-likeness (QED) is 0.698. The van der Waals surface area contributed by atoms with Crippen LogP contribution in [0.15, 0.2) is 47.8 Å². The molecular weight excluding hydrogens is 266 g/mol. The summed E-state index contributed by atoms with van der Waals surface area (Å²) in [4.78, 5) is 0. The van der Waals surface area contributed by atoms with Gasteiger partial charge in [0.05, 0.1) is 11.6 Å². The molecule has 0 N–H and O–H groups in total. The number of aryl methyl sites for hydroxylation is 1. The van der Waals surface area contributed by atoms with Gasteiger partial charge in [-0.3, -0.25) is 0 Å². The molecule has 0 unspecified atom stereocenters. The maximum atomic E-state index is 8.94. The SMILES string of the molecule is Cc1ccc(C#N)cc1OCc1csc2ccccc12. The lowest BCUT2D eigenvalue weighted by atomic mass is 10.1. The van der Waals surface area contributed by atoms with Crippen molar-refractivity contribution < 1.29 is 4.74 Å². The number of fused-ring (bicyclic) bond motifs is 1. The zero-order chi connectivity index (χ0) is 13.9. The predicted molar refractivity (Wildman–Crippen MR) is 82.1 cm³/mol. The van der Waals surface area contributed by atoms with E-state index in [4.69, 9.17) is 10.00 Å². The number of hydrogen-bond acceptors (Lipinski definition) is 3.